The lowest BCUT2D eigenvalue weighted by Gasteiger charge is -2.21. The van der Waals surface area contributed by atoms with E-state index in [1.807, 2.05) is 6.92 Å². The molecule has 0 amide bonds. The Morgan fingerprint density at radius 2 is 1.82 bits per heavy atom. The number of sulfonamides is 1. The number of hydrogen-bond acceptors (Lipinski definition) is 2. The Hall–Kier alpha value is -0.290. The molecule has 1 saturated heterocycles. The van der Waals surface area contributed by atoms with Gasteiger partial charge in [0.05, 0.1) is 4.90 Å². The van der Waals surface area contributed by atoms with E-state index < -0.39 is 10.0 Å². The van der Waals surface area contributed by atoms with E-state index in [1.54, 1.807) is 0 Å². The third-order valence-electron chi connectivity index (χ3n) is 2.93. The molecule has 0 aliphatic carbocycles. The molecule has 6 heteroatoms. The lowest BCUT2D eigenvalue weighted by atomic mass is 10.3. The number of hydrogen-bond donors (Lipinski definition) is 0. The van der Waals surface area contributed by atoms with Crippen molar-refractivity contribution in [3.8, 4) is 0 Å². The first kappa shape index (κ1) is 13.1. The minimum atomic E-state index is -3.47. The first-order valence-corrected chi connectivity index (χ1v) is 7.59. The molecule has 0 radical (unpaired) electrons. The van der Waals surface area contributed by atoms with E-state index in [9.17, 15) is 8.42 Å². The van der Waals surface area contributed by atoms with Crippen molar-refractivity contribution in [1.29, 1.82) is 0 Å². The van der Waals surface area contributed by atoms with Crippen molar-refractivity contribution >= 4 is 33.2 Å². The van der Waals surface area contributed by atoms with Gasteiger partial charge < -0.3 is 0 Å². The molecule has 1 aromatic rings. The number of nitrogens with zero attached hydrogens (tertiary/aromatic N) is 1. The largest absolute Gasteiger partial charge is 0.243 e. The van der Waals surface area contributed by atoms with Crippen LogP contribution in [0.3, 0.4) is 0 Å². The van der Waals surface area contributed by atoms with Crippen molar-refractivity contribution in [3.63, 3.8) is 0 Å². The zero-order chi connectivity index (χ0) is 12.6. The van der Waals surface area contributed by atoms with Gasteiger partial charge >= 0.3 is 0 Å². The summed E-state index contributed by atoms with van der Waals surface area (Å²) >= 11 is 11.7. The summed E-state index contributed by atoms with van der Waals surface area (Å²) in [6.07, 6.45) is 1.79. The van der Waals surface area contributed by atoms with Crippen LogP contribution in [-0.2, 0) is 10.0 Å². The Kier molecular flexibility index (Phi) is 3.69. The van der Waals surface area contributed by atoms with Crippen LogP contribution in [0.2, 0.25) is 10.0 Å². The average molecular weight is 294 g/mol. The Morgan fingerprint density at radius 1 is 1.24 bits per heavy atom. The Balaban J connectivity index is 2.44. The number of rotatable bonds is 2. The van der Waals surface area contributed by atoms with E-state index in [1.165, 1.54) is 22.5 Å². The van der Waals surface area contributed by atoms with Gasteiger partial charge in [0, 0.05) is 22.6 Å². The third kappa shape index (κ3) is 2.60. The van der Waals surface area contributed by atoms with Gasteiger partial charge in [-0.3, -0.25) is 0 Å². The van der Waals surface area contributed by atoms with Gasteiger partial charge in [-0.05, 0) is 38.0 Å². The van der Waals surface area contributed by atoms with Gasteiger partial charge in [-0.2, -0.15) is 4.31 Å². The Morgan fingerprint density at radius 3 is 2.29 bits per heavy atom. The fourth-order valence-corrected chi connectivity index (χ4v) is 4.50. The SMILES string of the molecule is CC1CCCN1S(=O)(=O)c1cc(Cl)cc(Cl)c1. The molecular weight excluding hydrogens is 281 g/mol. The van der Waals surface area contributed by atoms with Gasteiger partial charge in [-0.25, -0.2) is 8.42 Å². The van der Waals surface area contributed by atoms with Crippen LogP contribution < -0.4 is 0 Å². The van der Waals surface area contributed by atoms with Gasteiger partial charge in [0.15, 0.2) is 0 Å². The van der Waals surface area contributed by atoms with Gasteiger partial charge in [0.1, 0.15) is 0 Å². The van der Waals surface area contributed by atoms with Crippen LogP contribution in [0.4, 0.5) is 0 Å². The molecule has 1 heterocycles. The van der Waals surface area contributed by atoms with Crippen LogP contribution in [0.15, 0.2) is 23.1 Å². The molecule has 1 unspecified atom stereocenters. The fraction of sp³-hybridized carbons (Fsp3) is 0.455. The topological polar surface area (TPSA) is 37.4 Å². The van der Waals surface area contributed by atoms with E-state index in [0.29, 0.717) is 16.6 Å². The summed E-state index contributed by atoms with van der Waals surface area (Å²) in [5.41, 5.74) is 0. The van der Waals surface area contributed by atoms with E-state index in [4.69, 9.17) is 23.2 Å². The first-order valence-electron chi connectivity index (χ1n) is 5.39. The standard InChI is InChI=1S/C11H13Cl2NO2S/c1-8-3-2-4-14(8)17(15,16)11-6-9(12)5-10(13)7-11/h5-8H,2-4H2,1H3. The fourth-order valence-electron chi connectivity index (χ4n) is 2.08. The van der Waals surface area contributed by atoms with Crippen LogP contribution >= 0.6 is 23.2 Å². The van der Waals surface area contributed by atoms with Crippen molar-refractivity contribution in [3.05, 3.63) is 28.2 Å². The summed E-state index contributed by atoms with van der Waals surface area (Å²) < 4.78 is 26.2. The predicted molar refractivity (Wildman–Crippen MR) is 69.0 cm³/mol. The summed E-state index contributed by atoms with van der Waals surface area (Å²) in [6.45, 7) is 2.48. The third-order valence-corrected chi connectivity index (χ3v) is 5.36. The van der Waals surface area contributed by atoms with Crippen LogP contribution in [0, 0.1) is 0 Å². The average Bonchev–Trinajstić information content (AvgIpc) is 2.63. The number of halogens is 2. The van der Waals surface area contributed by atoms with Crippen LogP contribution in [0.1, 0.15) is 19.8 Å². The quantitative estimate of drug-likeness (QED) is 0.840. The van der Waals surface area contributed by atoms with Crippen LogP contribution in [0.25, 0.3) is 0 Å². The Bertz CT molecular complexity index is 510. The second-order valence-electron chi connectivity index (χ2n) is 4.21. The molecule has 1 aliphatic rings. The van der Waals surface area contributed by atoms with E-state index in [0.717, 1.165) is 12.8 Å². The molecule has 0 aromatic heterocycles. The minimum Gasteiger partial charge on any atom is -0.207 e. The first-order chi connectivity index (χ1) is 7.91. The van der Waals surface area contributed by atoms with E-state index in [2.05, 4.69) is 0 Å². The summed E-state index contributed by atoms with van der Waals surface area (Å²) in [5.74, 6) is 0. The smallest absolute Gasteiger partial charge is 0.207 e. The maximum absolute atomic E-state index is 12.4. The molecule has 0 spiro atoms. The van der Waals surface area contributed by atoms with Crippen LogP contribution in [0.5, 0.6) is 0 Å². The minimum absolute atomic E-state index is 0.0396. The van der Waals surface area contributed by atoms with Crippen molar-refractivity contribution in [2.24, 2.45) is 0 Å². The highest BCUT2D eigenvalue weighted by Crippen LogP contribution is 2.29. The normalized spacial score (nSPS) is 21.9. The predicted octanol–water partition coefficient (Wildman–Crippen LogP) is 3.17. The number of benzene rings is 1. The monoisotopic (exact) mass is 293 g/mol. The van der Waals surface area contributed by atoms with Gasteiger partial charge in [-0.1, -0.05) is 23.2 Å². The van der Waals surface area contributed by atoms with Gasteiger partial charge in [-0.15, -0.1) is 0 Å². The highest BCUT2D eigenvalue weighted by atomic mass is 35.5. The maximum Gasteiger partial charge on any atom is 0.243 e. The molecule has 17 heavy (non-hydrogen) atoms. The summed E-state index contributed by atoms with van der Waals surface area (Å²) in [7, 11) is -3.47. The zero-order valence-electron chi connectivity index (χ0n) is 9.36. The molecule has 94 valence electrons. The molecule has 1 fully saturated rings. The summed E-state index contributed by atoms with van der Waals surface area (Å²) in [5, 5.41) is 0.672. The lowest BCUT2D eigenvalue weighted by molar-refractivity contribution is 0.408. The van der Waals surface area contributed by atoms with E-state index >= 15 is 0 Å². The van der Waals surface area contributed by atoms with Crippen LogP contribution in [-0.4, -0.2) is 25.3 Å². The van der Waals surface area contributed by atoms with Crippen molar-refractivity contribution < 1.29 is 8.42 Å². The molecule has 1 aliphatic heterocycles. The molecular formula is C11H13Cl2NO2S. The second-order valence-corrected chi connectivity index (χ2v) is 6.98. The maximum atomic E-state index is 12.4. The molecule has 0 bridgehead atoms. The van der Waals surface area contributed by atoms with Crippen molar-refractivity contribution in [1.82, 2.24) is 4.31 Å². The van der Waals surface area contributed by atoms with Crippen molar-refractivity contribution in [2.45, 2.75) is 30.7 Å². The highest BCUT2D eigenvalue weighted by molar-refractivity contribution is 7.89. The molecule has 0 N–H and O–H groups in total. The molecule has 3 nitrogen and oxygen atoms in total. The molecule has 0 saturated carbocycles. The van der Waals surface area contributed by atoms with E-state index in [-0.39, 0.29) is 10.9 Å². The van der Waals surface area contributed by atoms with Crippen molar-refractivity contribution in [2.75, 3.05) is 6.54 Å². The van der Waals surface area contributed by atoms with Gasteiger partial charge in [0.2, 0.25) is 10.0 Å². The van der Waals surface area contributed by atoms with Gasteiger partial charge in [0.25, 0.3) is 0 Å². The zero-order valence-corrected chi connectivity index (χ0v) is 11.7. The summed E-state index contributed by atoms with van der Waals surface area (Å²) in [4.78, 5) is 0.170. The molecule has 1 atom stereocenters. The molecule has 2 rings (SSSR count). The lowest BCUT2D eigenvalue weighted by Crippen LogP contribution is -2.33. The second kappa shape index (κ2) is 4.76. The Labute approximate surface area is 111 Å². The molecule has 1 aromatic carbocycles. The highest BCUT2D eigenvalue weighted by Gasteiger charge is 2.32. The summed E-state index contributed by atoms with van der Waals surface area (Å²) in [6, 6.07) is 4.44.